The van der Waals surface area contributed by atoms with Crippen molar-refractivity contribution in [3.63, 3.8) is 0 Å². The van der Waals surface area contributed by atoms with Crippen LogP contribution in [0, 0.1) is 6.07 Å². The summed E-state index contributed by atoms with van der Waals surface area (Å²) in [4.78, 5) is 0. The maximum Gasteiger partial charge on any atom is 2.00 e. The Morgan fingerprint density at radius 2 is 0.639 bits per heavy atom. The minimum Gasteiger partial charge on any atom is -1.00 e. The fourth-order valence-corrected chi connectivity index (χ4v) is 66.3. The number of rotatable bonds is 35. The van der Waals surface area contributed by atoms with Gasteiger partial charge in [0.2, 0.25) is 0 Å². The molecule has 0 bridgehead atoms. The molecule has 5 aromatic carbocycles. The van der Waals surface area contributed by atoms with Gasteiger partial charge in [-0.05, 0) is 0 Å². The van der Waals surface area contributed by atoms with Crippen LogP contribution < -0.4 is 31.3 Å². The van der Waals surface area contributed by atoms with Crippen LogP contribution in [0.2, 0.25) is 44.4 Å². The third kappa shape index (κ3) is 41.8. The van der Waals surface area contributed by atoms with Gasteiger partial charge in [-0.1, -0.05) is 29.7 Å². The molecule has 83 heavy (non-hydrogen) atoms. The molecule has 5 aromatic rings. The molecule has 470 valence electrons. The predicted octanol–water partition coefficient (Wildman–Crippen LogP) is 20.2. The number of hydrogen-bond acceptors (Lipinski definition) is 1. The Hall–Kier alpha value is 0.821. The summed E-state index contributed by atoms with van der Waals surface area (Å²) in [6.07, 6.45) is 26.8. The fraction of sp³-hybridized carbons (Fsp3) is 0.568. The molecule has 0 atom stereocenters. The number of aliphatic hydroxyl groups is 1. The van der Waals surface area contributed by atoms with Gasteiger partial charge in [-0.3, -0.25) is 0 Å². The number of benzene rings is 5. The Kier molecular flexibility index (Phi) is 72.0. The summed E-state index contributed by atoms with van der Waals surface area (Å²) in [7, 11) is 12.5. The maximum atomic E-state index is 9.11. The smallest absolute Gasteiger partial charge is 1.00 e. The van der Waals surface area contributed by atoms with Gasteiger partial charge in [-0.2, -0.15) is 36.4 Å². The number of allylic oxidation sites excluding steroid dienone is 1. The van der Waals surface area contributed by atoms with Crippen molar-refractivity contribution < 1.29 is 22.1 Å². The van der Waals surface area contributed by atoms with Gasteiger partial charge in [0.15, 0.2) is 0 Å². The first-order valence-electron chi connectivity index (χ1n) is 31.3. The Bertz CT molecular complexity index is 1930. The van der Waals surface area contributed by atoms with E-state index < -0.39 is 71.3 Å². The Labute approximate surface area is 569 Å². The largest absolute Gasteiger partial charge is 2.00 e. The molecule has 9 heteroatoms. The molecule has 0 radical (unpaired) electrons. The molecular weight excluding hydrogens is 1550 g/mol. The van der Waals surface area contributed by atoms with Crippen molar-refractivity contribution in [2.24, 2.45) is 0 Å². The van der Waals surface area contributed by atoms with Gasteiger partial charge in [-0.15, -0.1) is 0 Å². The van der Waals surface area contributed by atoms with Crippen LogP contribution in [0.25, 0.3) is 0 Å². The molecule has 5 rings (SSSR count). The Morgan fingerprint density at radius 1 is 0.373 bits per heavy atom. The zero-order valence-electron chi connectivity index (χ0n) is 51.7. The zero-order chi connectivity index (χ0) is 56.6. The van der Waals surface area contributed by atoms with Crippen molar-refractivity contribution >= 4 is 126 Å². The molecule has 0 spiro atoms. The van der Waals surface area contributed by atoms with E-state index in [2.05, 4.69) is 195 Å². The summed E-state index contributed by atoms with van der Waals surface area (Å²) in [6.45, 7) is 22.6. The molecule has 0 amide bonds. The first-order valence-corrected chi connectivity index (χ1v) is 64.4. The molecule has 0 aromatic heterocycles. The van der Waals surface area contributed by atoms with E-state index in [1.807, 2.05) is 30.3 Å². The van der Waals surface area contributed by atoms with Crippen molar-refractivity contribution in [3.8, 4) is 0 Å². The van der Waals surface area contributed by atoms with Gasteiger partial charge in [0.25, 0.3) is 0 Å². The second-order valence-corrected chi connectivity index (χ2v) is 79.4. The van der Waals surface area contributed by atoms with Crippen LogP contribution in [0.15, 0.2) is 164 Å². The molecular formula is C74H129BrCl2MgOSn4. The molecule has 0 aliphatic heterocycles. The fourth-order valence-electron chi connectivity index (χ4n) is 10.9. The van der Waals surface area contributed by atoms with Gasteiger partial charge in [0.1, 0.15) is 0 Å². The number of hydrogen-bond donors (Lipinski definition) is 1. The van der Waals surface area contributed by atoms with Crippen LogP contribution in [0.4, 0.5) is 0 Å². The molecule has 1 N–H and O–H groups in total. The van der Waals surface area contributed by atoms with Crippen LogP contribution in [0.5, 0.6) is 0 Å². The van der Waals surface area contributed by atoms with E-state index in [1.54, 1.807) is 14.3 Å². The predicted molar refractivity (Wildman–Crippen MR) is 395 cm³/mol. The maximum absolute atomic E-state index is 9.11. The zero-order valence-corrected chi connectivity index (χ0v) is 67.6. The second kappa shape index (κ2) is 63.0. The van der Waals surface area contributed by atoms with Crippen molar-refractivity contribution in [2.45, 2.75) is 251 Å². The number of unbranched alkanes of at least 4 members (excludes halogenated alkanes) is 9. The van der Waals surface area contributed by atoms with Crippen LogP contribution in [0.1, 0.15) is 207 Å². The standard InChI is InChI=1S/5C6H5.C4H9O.8C4H9.C4H7.4CH4.BrH.2ClH.Mg.4Sn/c5*1-2-4-6-5-3-1;1-2-3-4-5;9*1-3-4-2;;;;;;;;;;;;/h5*1-5H;5H,1-4H2;8*1,3-4H2,2H3;3H,1-2,4H2;4*1H4;3*1H;;;;;/q;;;;-1;;;;;;;;;;;;;;;;;;+2;;;;+2/p-3. The molecule has 0 unspecified atom stereocenters. The van der Waals surface area contributed by atoms with Crippen LogP contribution in [0.3, 0.4) is 0 Å². The average Bonchev–Trinajstić information content (AvgIpc) is 3.50. The molecule has 1 nitrogen and oxygen atoms in total. The van der Waals surface area contributed by atoms with Crippen LogP contribution in [-0.2, 0) is 0 Å². The van der Waals surface area contributed by atoms with E-state index in [4.69, 9.17) is 22.9 Å². The van der Waals surface area contributed by atoms with Crippen molar-refractivity contribution in [1.29, 1.82) is 0 Å². The topological polar surface area (TPSA) is 20.2 Å². The molecule has 0 fully saturated rings. The summed E-state index contributed by atoms with van der Waals surface area (Å²) in [5.41, 5.74) is 0. The molecule has 0 saturated heterocycles. The van der Waals surface area contributed by atoms with E-state index in [9.17, 15) is 0 Å². The van der Waals surface area contributed by atoms with Crippen LogP contribution >= 0.6 is 17.8 Å². The number of aliphatic hydroxyl groups excluding tert-OH is 1. The SMILES string of the molecule is C.C.C.C.C=CC[CH2][Sn]([CH2]CCC)([CH2]CCC)[c]1ccccc1.CCC[CH2][Sn]([CH2]CCC)([CH2]CCCO)[c]1ccccc1.CCC[CH2][Sn]([CH2]CCC)([c]1ccccc1)[c]1ccccc1.CCC[CH2][Sn]([Cl])([Cl])[CH2]CCC.[Br-].[Mg+2].[c-]1ccccc1. The van der Waals surface area contributed by atoms with Crippen molar-refractivity contribution in [2.75, 3.05) is 6.61 Å². The van der Waals surface area contributed by atoms with E-state index in [0.717, 1.165) is 15.3 Å². The van der Waals surface area contributed by atoms with Gasteiger partial charge in [0.05, 0.1) is 0 Å². The summed E-state index contributed by atoms with van der Waals surface area (Å²) in [5.74, 6) is 0. The van der Waals surface area contributed by atoms with Crippen molar-refractivity contribution in [3.05, 3.63) is 170 Å². The Morgan fingerprint density at radius 3 is 0.904 bits per heavy atom. The van der Waals surface area contributed by atoms with E-state index in [1.165, 1.54) is 151 Å². The van der Waals surface area contributed by atoms with Gasteiger partial charge in [0, 0.05) is 0 Å². The summed E-state index contributed by atoms with van der Waals surface area (Å²) >= 11 is -9.39. The van der Waals surface area contributed by atoms with Gasteiger partial charge < -0.3 is 17.0 Å². The minimum atomic E-state index is -2.50. The van der Waals surface area contributed by atoms with E-state index in [-0.39, 0.29) is 69.7 Å². The molecule has 0 heterocycles. The monoisotopic (exact) mass is 1690 g/mol. The average molecular weight is 1680 g/mol. The van der Waals surface area contributed by atoms with Gasteiger partial charge >= 0.3 is 494 Å². The van der Waals surface area contributed by atoms with E-state index >= 15 is 0 Å². The molecule has 0 aliphatic rings. The molecule has 0 saturated carbocycles. The van der Waals surface area contributed by atoms with E-state index in [0.29, 0.717) is 6.61 Å². The van der Waals surface area contributed by atoms with Crippen LogP contribution in [-0.4, -0.2) is 106 Å². The first kappa shape index (κ1) is 94.9. The summed E-state index contributed by atoms with van der Waals surface area (Å²) in [5, 5.41) is 9.11. The Balaban J connectivity index is -0.000000228. The van der Waals surface area contributed by atoms with Crippen molar-refractivity contribution in [1.82, 2.24) is 0 Å². The first-order chi connectivity index (χ1) is 37.5. The third-order valence-electron chi connectivity index (χ3n) is 15.7. The summed E-state index contributed by atoms with van der Waals surface area (Å²) in [6, 6.07) is 58.3. The normalized spacial score (nSPS) is 10.5. The quantitative estimate of drug-likeness (QED) is 0.0186. The van der Waals surface area contributed by atoms with Gasteiger partial charge in [-0.25, -0.2) is 0 Å². The summed E-state index contributed by atoms with van der Waals surface area (Å²) < 4.78 is 21.0. The minimum absolute atomic E-state index is 0. The molecule has 0 aliphatic carbocycles. The third-order valence-corrected chi connectivity index (χ3v) is 73.2. The number of halogens is 3. The second-order valence-electron chi connectivity index (χ2n) is 21.9.